The van der Waals surface area contributed by atoms with Crippen molar-refractivity contribution >= 4 is 17.9 Å². The molecule has 466 valence electrons. The molecule has 0 saturated carbocycles. The molecule has 0 aromatic heterocycles. The predicted octanol–water partition coefficient (Wildman–Crippen LogP) is 16.0. The van der Waals surface area contributed by atoms with Crippen LogP contribution < -0.4 is 42.9 Å². The summed E-state index contributed by atoms with van der Waals surface area (Å²) >= 11 is 0. The van der Waals surface area contributed by atoms with Crippen molar-refractivity contribution in [3.8, 4) is 34.5 Å². The number of carboxylic acid groups (broad SMARTS) is 3. The quantitative estimate of drug-likeness (QED) is 0.0619. The minimum Gasteiger partial charge on any atom is -0.872 e. The smallest absolute Gasteiger partial charge is 0.335 e. The Balaban J connectivity index is 0.000000392. The van der Waals surface area contributed by atoms with Gasteiger partial charge >= 0.3 is 5.97 Å². The highest BCUT2D eigenvalue weighted by molar-refractivity contribution is 5.94. The molecule has 15 heteroatoms. The topological polar surface area (TPSA) is 314 Å². The molecule has 3 aromatic carbocycles. The van der Waals surface area contributed by atoms with Gasteiger partial charge in [-0.05, 0) is 199 Å². The zero-order chi connectivity index (χ0) is 59.4. The van der Waals surface area contributed by atoms with Crippen molar-refractivity contribution in [2.45, 2.75) is 247 Å². The second-order valence-electron chi connectivity index (χ2n) is 25.1. The van der Waals surface area contributed by atoms with E-state index in [1.165, 1.54) is 66.4 Å². The molecule has 0 fully saturated rings. The lowest BCUT2D eigenvalue weighted by Gasteiger charge is -2.48. The van der Waals surface area contributed by atoms with Crippen LogP contribution in [0.1, 0.15) is 255 Å². The van der Waals surface area contributed by atoms with E-state index in [9.17, 15) is 25.2 Å². The summed E-state index contributed by atoms with van der Waals surface area (Å²) in [5.74, 6) is 1.42. The fourth-order valence-electron chi connectivity index (χ4n) is 13.2. The third kappa shape index (κ3) is 18.7. The number of aliphatic carboxylic acids is 2. The van der Waals surface area contributed by atoms with Crippen LogP contribution in [0.5, 0.6) is 34.5 Å². The number of carbonyl (C=O) groups excluding carboxylic acids is 1. The summed E-state index contributed by atoms with van der Waals surface area (Å²) in [6.07, 6.45) is 26.2. The molecule has 0 bridgehead atoms. The molecule has 3 aliphatic carbocycles. The van der Waals surface area contributed by atoms with E-state index < -0.39 is 17.9 Å². The molecule has 9 rings (SSSR count). The van der Waals surface area contributed by atoms with Gasteiger partial charge in [0.15, 0.2) is 0 Å². The van der Waals surface area contributed by atoms with Crippen molar-refractivity contribution in [1.82, 2.24) is 18.5 Å². The van der Waals surface area contributed by atoms with E-state index in [4.69, 9.17) is 34.0 Å². The third-order valence-corrected chi connectivity index (χ3v) is 17.2. The Labute approximate surface area is 497 Å². The van der Waals surface area contributed by atoms with E-state index in [1.54, 1.807) is 0 Å². The number of carboxylic acids is 3. The number of aryl methyl sites for hydroxylation is 3. The summed E-state index contributed by atoms with van der Waals surface area (Å²) in [7, 11) is 0. The number of quaternary nitrogens is 2. The number of fused-ring (bicyclic) bond motifs is 9. The van der Waals surface area contributed by atoms with Crippen LogP contribution in [0.3, 0.4) is 0 Å². The molecule has 6 atom stereocenters. The number of benzene rings is 3. The molecular formula is C68H107N3O12. The SMILES string of the molecule is CC(=O)O.CC(=O)[O-].CCCCCc1cc(O)c2c(c1)OC(C)(C)[C@@H]1CCC(C)=C[C@@H]21.CCCCCc1cc(O)c2c(c1)OC(C)(C)[C@@H]1CCC(C)=C[C@@H]21.CCCCCc1cc2c(c([O-])c1C(=O)O)[C@@H]1C=C(C)CC[C@H]1C(C)(C)O2.N.[NH4+].[NH4+]. The van der Waals surface area contributed by atoms with Gasteiger partial charge < -0.3 is 68.1 Å². The summed E-state index contributed by atoms with van der Waals surface area (Å²) in [5, 5.41) is 60.6. The molecule has 3 heterocycles. The number of phenolic OH excluding ortho intramolecular Hbond substituents is 2. The Morgan fingerprint density at radius 1 is 0.542 bits per heavy atom. The van der Waals surface area contributed by atoms with E-state index in [0.717, 1.165) is 107 Å². The summed E-state index contributed by atoms with van der Waals surface area (Å²) in [5.41, 5.74) is 8.91. The second kappa shape index (κ2) is 31.7. The molecule has 15 nitrogen and oxygen atoms in total. The van der Waals surface area contributed by atoms with Crippen molar-refractivity contribution in [3.63, 3.8) is 0 Å². The fourth-order valence-corrected chi connectivity index (χ4v) is 13.2. The van der Waals surface area contributed by atoms with Crippen molar-refractivity contribution < 1.29 is 59.2 Å². The fraction of sp³-hybridized carbons (Fsp3) is 0.603. The second-order valence-corrected chi connectivity index (χ2v) is 25.1. The number of carbonyl (C=O) groups is 3. The van der Waals surface area contributed by atoms with Gasteiger partial charge in [-0.1, -0.05) is 100.0 Å². The molecule has 0 unspecified atom stereocenters. The molecule has 6 aliphatic rings. The number of ether oxygens (including phenoxy) is 3. The average Bonchev–Trinajstić information content (AvgIpc) is 3.35. The average molecular weight is 1160 g/mol. The molecular weight excluding hydrogens is 1050 g/mol. The molecule has 15 N–H and O–H groups in total. The lowest BCUT2D eigenvalue weighted by molar-refractivity contribution is -0.302. The maximum absolute atomic E-state index is 13.2. The zero-order valence-electron chi connectivity index (χ0n) is 53.6. The maximum atomic E-state index is 13.2. The molecule has 83 heavy (non-hydrogen) atoms. The molecule has 0 amide bonds. The van der Waals surface area contributed by atoms with E-state index >= 15 is 0 Å². The molecule has 3 aliphatic heterocycles. The summed E-state index contributed by atoms with van der Waals surface area (Å²) < 4.78 is 19.0. The van der Waals surface area contributed by atoms with E-state index in [1.807, 2.05) is 18.2 Å². The van der Waals surface area contributed by atoms with Crippen LogP contribution in [0, 0.1) is 17.8 Å². The summed E-state index contributed by atoms with van der Waals surface area (Å²) in [6, 6.07) is 10.1. The normalized spacial score (nSPS) is 21.9. The number of aromatic carboxylic acids is 1. The first kappa shape index (κ1) is 73.1. The Hall–Kier alpha value is -6.03. The lowest BCUT2D eigenvalue weighted by atomic mass is 9.67. The number of unbranched alkanes of at least 4 members (excludes halogenated alkanes) is 6. The number of allylic oxidation sites excluding steroid dienone is 6. The summed E-state index contributed by atoms with van der Waals surface area (Å²) in [4.78, 5) is 29.7. The van der Waals surface area contributed by atoms with E-state index in [2.05, 4.69) is 113 Å². The monoisotopic (exact) mass is 1160 g/mol. The molecule has 0 spiro atoms. The third-order valence-electron chi connectivity index (χ3n) is 17.2. The van der Waals surface area contributed by atoms with Gasteiger partial charge in [-0.25, -0.2) is 4.79 Å². The standard InChI is InChI=1S/C22H30O4.2C21H30O2.2C2H4O2.3H3N/c1-5-6-7-8-14-12-17-19(20(23)18(14)21(24)25)15-11-13(2)9-10-16(15)22(3,4)26-17;2*1-5-6-7-8-15-12-18(22)20-16-11-14(2)9-10-17(16)21(3,4)23-19(20)13-15;2*1-2(3)4;;;/h11-12,15-16,23H,5-10H2,1-4H3,(H,24,25);2*11-13,16-17,22H,5-10H2,1-4H3;2*1H3,(H,3,4);3*1H3/t15-,16-;2*16-,17-;;;;;/m111...../s1. The van der Waals surface area contributed by atoms with Crippen LogP contribution in [0.2, 0.25) is 0 Å². The Bertz CT molecular complexity index is 2630. The van der Waals surface area contributed by atoms with E-state index in [0.29, 0.717) is 46.6 Å². The number of hydrogen-bond acceptors (Lipinski definition) is 11. The lowest BCUT2D eigenvalue weighted by Crippen LogP contribution is -2.45. The Kier molecular flexibility index (Phi) is 28.0. The zero-order valence-corrected chi connectivity index (χ0v) is 53.6. The predicted molar refractivity (Wildman–Crippen MR) is 332 cm³/mol. The van der Waals surface area contributed by atoms with Crippen molar-refractivity contribution in [2.24, 2.45) is 17.8 Å². The minimum atomic E-state index is -1.12. The van der Waals surface area contributed by atoms with Crippen LogP contribution in [-0.2, 0) is 28.9 Å². The van der Waals surface area contributed by atoms with Gasteiger partial charge in [-0.15, -0.1) is 0 Å². The van der Waals surface area contributed by atoms with Gasteiger partial charge in [0.25, 0.3) is 5.97 Å². The molecule has 0 radical (unpaired) electrons. The van der Waals surface area contributed by atoms with Gasteiger partial charge in [-0.3, -0.25) is 4.79 Å². The largest absolute Gasteiger partial charge is 0.872 e. The van der Waals surface area contributed by atoms with Crippen LogP contribution >= 0.6 is 0 Å². The van der Waals surface area contributed by atoms with Crippen LogP contribution in [0.4, 0.5) is 0 Å². The van der Waals surface area contributed by atoms with Gasteiger partial charge in [0.05, 0.1) is 5.56 Å². The van der Waals surface area contributed by atoms with Gasteiger partial charge in [0.2, 0.25) is 0 Å². The number of hydrogen-bond donors (Lipinski definition) is 7. The number of aromatic hydroxyl groups is 2. The highest BCUT2D eigenvalue weighted by Crippen LogP contribution is 2.56. The molecule has 0 saturated heterocycles. The van der Waals surface area contributed by atoms with Crippen LogP contribution in [0.25, 0.3) is 0 Å². The van der Waals surface area contributed by atoms with E-state index in [-0.39, 0.29) is 70.2 Å². The summed E-state index contributed by atoms with van der Waals surface area (Å²) in [6.45, 7) is 28.0. The Morgan fingerprint density at radius 2 is 0.843 bits per heavy atom. The first-order valence-electron chi connectivity index (χ1n) is 29.8. The van der Waals surface area contributed by atoms with Crippen molar-refractivity contribution in [1.29, 1.82) is 0 Å². The van der Waals surface area contributed by atoms with Crippen LogP contribution in [0.15, 0.2) is 65.3 Å². The number of rotatable bonds is 13. The first-order chi connectivity index (χ1) is 37.6. The minimum absolute atomic E-state index is 0. The highest BCUT2D eigenvalue weighted by atomic mass is 16.5. The number of phenols is 2. The van der Waals surface area contributed by atoms with Gasteiger partial charge in [0.1, 0.15) is 45.6 Å². The van der Waals surface area contributed by atoms with Crippen molar-refractivity contribution in [2.75, 3.05) is 0 Å². The molecule has 3 aromatic rings. The highest BCUT2D eigenvalue weighted by Gasteiger charge is 2.48. The Morgan fingerprint density at radius 3 is 1.16 bits per heavy atom. The van der Waals surface area contributed by atoms with Gasteiger partial charge in [0, 0.05) is 59.5 Å². The first-order valence-corrected chi connectivity index (χ1v) is 29.8. The van der Waals surface area contributed by atoms with Crippen molar-refractivity contribution in [3.05, 3.63) is 104 Å². The van der Waals surface area contributed by atoms with Crippen LogP contribution in [-0.4, -0.2) is 55.1 Å². The van der Waals surface area contributed by atoms with Gasteiger partial charge in [-0.2, -0.15) is 0 Å². The maximum Gasteiger partial charge on any atom is 0.335 e.